The zero-order valence-corrected chi connectivity index (χ0v) is 23.4. The van der Waals surface area contributed by atoms with Crippen molar-refractivity contribution in [3.63, 3.8) is 0 Å². The summed E-state index contributed by atoms with van der Waals surface area (Å²) in [4.78, 5) is 20.3. The van der Waals surface area contributed by atoms with Crippen LogP contribution in [0.15, 0.2) is 73.1 Å². The second kappa shape index (κ2) is 9.54. The van der Waals surface area contributed by atoms with Crippen molar-refractivity contribution < 1.29 is 14.6 Å². The van der Waals surface area contributed by atoms with E-state index in [1.807, 2.05) is 47.2 Å². The van der Waals surface area contributed by atoms with E-state index in [-0.39, 0.29) is 12.3 Å². The van der Waals surface area contributed by atoms with Crippen molar-refractivity contribution in [1.29, 1.82) is 0 Å². The highest BCUT2D eigenvalue weighted by atomic mass is 32.1. The highest BCUT2D eigenvalue weighted by molar-refractivity contribution is 7.26. The quantitative estimate of drug-likeness (QED) is 0.151. The van der Waals surface area contributed by atoms with Crippen LogP contribution < -0.4 is 0 Å². The molecule has 0 aliphatic rings. The molecular formula is C30H29N3O3SSi. The minimum atomic E-state index is -1.28. The summed E-state index contributed by atoms with van der Waals surface area (Å²) in [6.07, 6.45) is 3.61. The third-order valence-corrected chi connectivity index (χ3v) is 9.86. The number of hydrogen-bond donors (Lipinski definition) is 2. The molecule has 192 valence electrons. The van der Waals surface area contributed by atoms with Crippen LogP contribution in [-0.4, -0.2) is 40.3 Å². The molecule has 0 radical (unpaired) electrons. The van der Waals surface area contributed by atoms with Gasteiger partial charge >= 0.3 is 5.97 Å². The van der Waals surface area contributed by atoms with Crippen molar-refractivity contribution >= 4 is 56.6 Å². The van der Waals surface area contributed by atoms with E-state index in [2.05, 4.69) is 47.8 Å². The molecule has 0 unspecified atom stereocenters. The van der Waals surface area contributed by atoms with Gasteiger partial charge in [0.05, 0.1) is 17.0 Å². The van der Waals surface area contributed by atoms with Crippen LogP contribution in [0.2, 0.25) is 25.7 Å². The van der Waals surface area contributed by atoms with Crippen LogP contribution in [0.1, 0.15) is 10.4 Å². The van der Waals surface area contributed by atoms with Crippen LogP contribution in [0.4, 0.5) is 0 Å². The molecule has 8 heteroatoms. The van der Waals surface area contributed by atoms with Crippen LogP contribution in [0.25, 0.3) is 53.7 Å². The standard InChI is InChI=1S/C30H29N3O3SSi/c1-38(2,3)16-15-36-18-33-25(19-11-13-31-29-22(19)12-14-32-29)17-24(30(34)35)27(33)23-9-6-8-21-20-7-4-5-10-26(20)37-28(21)23/h4-14,17H,15-16,18H2,1-3H3,(H,31,32)(H,34,35). The lowest BCUT2D eigenvalue weighted by Crippen LogP contribution is -2.22. The van der Waals surface area contributed by atoms with Gasteiger partial charge in [0.15, 0.2) is 0 Å². The number of fused-ring (bicyclic) bond motifs is 4. The number of carbonyl (C=O) groups is 1. The number of nitrogens with one attached hydrogen (secondary N) is 1. The number of nitrogens with zero attached hydrogens (tertiary/aromatic N) is 2. The highest BCUT2D eigenvalue weighted by Crippen LogP contribution is 2.43. The first kappa shape index (κ1) is 24.6. The summed E-state index contributed by atoms with van der Waals surface area (Å²) in [6, 6.07) is 21.2. The molecule has 0 saturated carbocycles. The molecule has 0 bridgehead atoms. The fraction of sp³-hybridized carbons (Fsp3) is 0.200. The lowest BCUT2D eigenvalue weighted by molar-refractivity contribution is 0.0696. The number of benzene rings is 2. The lowest BCUT2D eigenvalue weighted by atomic mass is 10.0. The summed E-state index contributed by atoms with van der Waals surface area (Å²) in [6.45, 7) is 7.88. The molecule has 38 heavy (non-hydrogen) atoms. The van der Waals surface area contributed by atoms with Gasteiger partial charge < -0.3 is 19.4 Å². The predicted molar refractivity (Wildman–Crippen MR) is 159 cm³/mol. The summed E-state index contributed by atoms with van der Waals surface area (Å²) in [5.74, 6) is -0.959. The van der Waals surface area contributed by atoms with Crippen LogP contribution >= 0.6 is 11.3 Å². The first-order valence-corrected chi connectivity index (χ1v) is 17.2. The topological polar surface area (TPSA) is 80.1 Å². The first-order valence-electron chi connectivity index (χ1n) is 12.7. The van der Waals surface area contributed by atoms with Crippen molar-refractivity contribution in [3.05, 3.63) is 78.6 Å². The molecule has 0 aliphatic carbocycles. The number of rotatable bonds is 8. The summed E-state index contributed by atoms with van der Waals surface area (Å²) in [5.41, 5.74) is 4.32. The maximum atomic E-state index is 12.7. The number of ether oxygens (including phenoxy) is 1. The number of hydrogen-bond acceptors (Lipinski definition) is 4. The third kappa shape index (κ3) is 4.34. The van der Waals surface area contributed by atoms with Gasteiger partial charge in [0, 0.05) is 63.8 Å². The zero-order chi connectivity index (χ0) is 26.4. The van der Waals surface area contributed by atoms with Gasteiger partial charge in [0.2, 0.25) is 0 Å². The minimum absolute atomic E-state index is 0.262. The number of H-pyrrole nitrogens is 1. The van der Waals surface area contributed by atoms with E-state index in [1.165, 1.54) is 10.1 Å². The summed E-state index contributed by atoms with van der Waals surface area (Å²) < 4.78 is 10.6. The number of thiophene rings is 1. The van der Waals surface area contributed by atoms with Crippen molar-refractivity contribution in [2.24, 2.45) is 0 Å². The molecule has 2 N–H and O–H groups in total. The van der Waals surface area contributed by atoms with Gasteiger partial charge in [0.1, 0.15) is 12.4 Å². The van der Waals surface area contributed by atoms with Crippen LogP contribution in [0, 0.1) is 0 Å². The minimum Gasteiger partial charge on any atom is -0.478 e. The molecule has 6 rings (SSSR count). The van der Waals surface area contributed by atoms with E-state index in [0.29, 0.717) is 12.3 Å². The van der Waals surface area contributed by atoms with Gasteiger partial charge in [-0.15, -0.1) is 11.3 Å². The van der Waals surface area contributed by atoms with E-state index < -0.39 is 14.0 Å². The van der Waals surface area contributed by atoms with Crippen LogP contribution in [-0.2, 0) is 11.5 Å². The Balaban J connectivity index is 1.60. The van der Waals surface area contributed by atoms with E-state index in [1.54, 1.807) is 23.6 Å². The highest BCUT2D eigenvalue weighted by Gasteiger charge is 2.26. The number of aromatic nitrogens is 3. The van der Waals surface area contributed by atoms with Crippen molar-refractivity contribution in [2.75, 3.05) is 6.61 Å². The molecule has 0 amide bonds. The molecule has 0 atom stereocenters. The molecule has 4 aromatic heterocycles. The number of aromatic amines is 1. The zero-order valence-electron chi connectivity index (χ0n) is 21.6. The molecule has 0 fully saturated rings. The number of carboxylic acids is 1. The second-order valence-corrected chi connectivity index (χ2v) is 17.4. The van der Waals surface area contributed by atoms with E-state index in [4.69, 9.17) is 4.74 Å². The average Bonchev–Trinajstić information content (AvgIpc) is 3.61. The molecule has 6 aromatic rings. The summed E-state index contributed by atoms with van der Waals surface area (Å²) >= 11 is 1.70. The lowest BCUT2D eigenvalue weighted by Gasteiger charge is -2.18. The van der Waals surface area contributed by atoms with Gasteiger partial charge in [-0.05, 0) is 30.3 Å². The average molecular weight is 540 g/mol. The monoisotopic (exact) mass is 539 g/mol. The van der Waals surface area contributed by atoms with Crippen molar-refractivity contribution in [2.45, 2.75) is 32.4 Å². The molecule has 6 nitrogen and oxygen atoms in total. The van der Waals surface area contributed by atoms with E-state index in [0.717, 1.165) is 44.0 Å². The maximum absolute atomic E-state index is 12.7. The smallest absolute Gasteiger partial charge is 0.337 e. The third-order valence-electron chi connectivity index (χ3n) is 6.94. The molecular weight excluding hydrogens is 511 g/mol. The maximum Gasteiger partial charge on any atom is 0.337 e. The van der Waals surface area contributed by atoms with Crippen LogP contribution in [0.5, 0.6) is 0 Å². The Morgan fingerprint density at radius 3 is 2.66 bits per heavy atom. The Bertz CT molecular complexity index is 1810. The van der Waals surface area contributed by atoms with E-state index >= 15 is 0 Å². The Kier molecular flexibility index (Phi) is 6.18. The van der Waals surface area contributed by atoms with Gasteiger partial charge in [0.25, 0.3) is 0 Å². The fourth-order valence-corrected chi connectivity index (χ4v) is 6.99. The summed E-state index contributed by atoms with van der Waals surface area (Å²) in [5, 5.41) is 13.7. The molecule has 4 heterocycles. The SMILES string of the molecule is C[Si](C)(C)CCOCn1c(-c2ccnc3[nH]ccc23)cc(C(=O)O)c1-c1cccc2c1sc1ccccc12. The van der Waals surface area contributed by atoms with Crippen molar-refractivity contribution in [1.82, 2.24) is 14.5 Å². The van der Waals surface area contributed by atoms with Gasteiger partial charge in [-0.3, -0.25) is 0 Å². The molecule has 0 spiro atoms. The Hall–Kier alpha value is -3.72. The molecule has 0 aliphatic heterocycles. The number of pyridine rings is 1. The molecule has 2 aromatic carbocycles. The Labute approximate surface area is 225 Å². The Morgan fingerprint density at radius 1 is 1.03 bits per heavy atom. The van der Waals surface area contributed by atoms with Gasteiger partial charge in [-0.1, -0.05) is 56.0 Å². The normalized spacial score (nSPS) is 12.2. The number of carboxylic acid groups (broad SMARTS) is 1. The predicted octanol–water partition coefficient (Wildman–Crippen LogP) is 8.08. The second-order valence-electron chi connectivity index (χ2n) is 10.8. The Morgan fingerprint density at radius 2 is 1.84 bits per heavy atom. The van der Waals surface area contributed by atoms with E-state index in [9.17, 15) is 9.90 Å². The van der Waals surface area contributed by atoms with Gasteiger partial charge in [-0.25, -0.2) is 9.78 Å². The fourth-order valence-electron chi connectivity index (χ4n) is 5.01. The van der Waals surface area contributed by atoms with Crippen molar-refractivity contribution in [3.8, 4) is 22.5 Å². The molecule has 0 saturated heterocycles. The van der Waals surface area contributed by atoms with Gasteiger partial charge in [-0.2, -0.15) is 0 Å². The largest absolute Gasteiger partial charge is 0.478 e. The number of aromatic carboxylic acids is 1. The first-order chi connectivity index (χ1) is 18.3. The van der Waals surface area contributed by atoms with Crippen LogP contribution in [0.3, 0.4) is 0 Å². The summed E-state index contributed by atoms with van der Waals surface area (Å²) in [7, 11) is -1.28.